The van der Waals surface area contributed by atoms with Crippen LogP contribution in [0, 0.1) is 6.92 Å². The monoisotopic (exact) mass is 363 g/mol. The van der Waals surface area contributed by atoms with E-state index in [0.29, 0.717) is 24.9 Å². The maximum Gasteiger partial charge on any atom is 0.253 e. The third-order valence-corrected chi connectivity index (χ3v) is 4.56. The molecular weight excluding hydrogens is 338 g/mol. The highest BCUT2D eigenvalue weighted by atomic mass is 16.2. The van der Waals surface area contributed by atoms with Crippen molar-refractivity contribution in [2.24, 2.45) is 0 Å². The van der Waals surface area contributed by atoms with Gasteiger partial charge in [0, 0.05) is 43.8 Å². The first-order valence-corrected chi connectivity index (χ1v) is 9.08. The summed E-state index contributed by atoms with van der Waals surface area (Å²) in [5.74, 6) is 0.00247. The number of aromatic nitrogens is 1. The van der Waals surface area contributed by atoms with Crippen LogP contribution in [0.2, 0.25) is 0 Å². The molecule has 1 aromatic heterocycles. The van der Waals surface area contributed by atoms with Crippen molar-refractivity contribution in [1.29, 1.82) is 0 Å². The third-order valence-electron chi connectivity index (χ3n) is 4.56. The Morgan fingerprint density at radius 1 is 1.00 bits per heavy atom. The van der Waals surface area contributed by atoms with E-state index < -0.39 is 0 Å². The fourth-order valence-corrected chi connectivity index (χ4v) is 3.06. The van der Waals surface area contributed by atoms with E-state index in [4.69, 9.17) is 0 Å². The summed E-state index contributed by atoms with van der Waals surface area (Å²) >= 11 is 0. The molecule has 0 saturated carbocycles. The first kappa shape index (κ1) is 18.7. The molecule has 0 radical (unpaired) electrons. The van der Waals surface area contributed by atoms with Crippen LogP contribution in [0.5, 0.6) is 0 Å². The van der Waals surface area contributed by atoms with Crippen molar-refractivity contribution in [2.75, 3.05) is 14.1 Å². The van der Waals surface area contributed by atoms with Crippen LogP contribution in [0.3, 0.4) is 0 Å². The minimum Gasteiger partial charge on any atom is -0.359 e. The lowest BCUT2D eigenvalue weighted by Gasteiger charge is -2.10. The van der Waals surface area contributed by atoms with Gasteiger partial charge < -0.3 is 15.2 Å². The zero-order valence-corrected chi connectivity index (χ0v) is 16.0. The van der Waals surface area contributed by atoms with E-state index in [1.807, 2.05) is 43.3 Å². The topological polar surface area (TPSA) is 65.2 Å². The molecule has 140 valence electrons. The second kappa shape index (κ2) is 8.08. The Morgan fingerprint density at radius 2 is 1.70 bits per heavy atom. The van der Waals surface area contributed by atoms with Crippen molar-refractivity contribution >= 4 is 22.7 Å². The van der Waals surface area contributed by atoms with Gasteiger partial charge in [-0.25, -0.2) is 0 Å². The number of nitrogens with one attached hydrogen (secondary N) is 2. The van der Waals surface area contributed by atoms with Crippen molar-refractivity contribution in [3.8, 4) is 0 Å². The van der Waals surface area contributed by atoms with Crippen LogP contribution in [0.15, 0.2) is 48.5 Å². The summed E-state index contributed by atoms with van der Waals surface area (Å²) in [6.45, 7) is 2.56. The van der Waals surface area contributed by atoms with Crippen molar-refractivity contribution in [3.05, 3.63) is 70.9 Å². The van der Waals surface area contributed by atoms with E-state index >= 15 is 0 Å². The van der Waals surface area contributed by atoms with Gasteiger partial charge in [0.05, 0.1) is 0 Å². The number of carbonyl (C=O) groups is 2. The van der Waals surface area contributed by atoms with Gasteiger partial charge in [-0.05, 0) is 60.2 Å². The van der Waals surface area contributed by atoms with E-state index in [9.17, 15) is 9.59 Å². The molecule has 3 aromatic rings. The highest BCUT2D eigenvalue weighted by Gasteiger charge is 2.08. The van der Waals surface area contributed by atoms with Gasteiger partial charge >= 0.3 is 0 Å². The molecule has 3 rings (SSSR count). The number of amides is 2. The van der Waals surface area contributed by atoms with Crippen LogP contribution in [-0.2, 0) is 17.8 Å². The molecule has 0 fully saturated rings. The van der Waals surface area contributed by atoms with E-state index in [2.05, 4.69) is 22.4 Å². The number of rotatable bonds is 6. The Morgan fingerprint density at radius 3 is 2.41 bits per heavy atom. The Hall–Kier alpha value is -3.08. The average Bonchev–Trinajstić information content (AvgIpc) is 3.03. The zero-order valence-electron chi connectivity index (χ0n) is 16.0. The second-order valence-electron chi connectivity index (χ2n) is 7.05. The summed E-state index contributed by atoms with van der Waals surface area (Å²) in [4.78, 5) is 28.9. The third kappa shape index (κ3) is 4.76. The number of nitrogens with zero attached hydrogens (tertiary/aromatic N) is 1. The predicted molar refractivity (Wildman–Crippen MR) is 108 cm³/mol. The first-order valence-electron chi connectivity index (χ1n) is 9.08. The highest BCUT2D eigenvalue weighted by molar-refractivity contribution is 5.93. The largest absolute Gasteiger partial charge is 0.359 e. The SMILES string of the molecule is Cc1cc2cc(CNC(=O)CCc3ccc(C(=O)N(C)C)cc3)ccc2[nH]1. The lowest BCUT2D eigenvalue weighted by Crippen LogP contribution is -2.23. The summed E-state index contributed by atoms with van der Waals surface area (Å²) in [5.41, 5.74) is 5.03. The molecule has 2 aromatic carbocycles. The van der Waals surface area contributed by atoms with Gasteiger partial charge in [0.2, 0.25) is 5.91 Å². The highest BCUT2D eigenvalue weighted by Crippen LogP contribution is 2.17. The van der Waals surface area contributed by atoms with Crippen LogP contribution in [0.4, 0.5) is 0 Å². The van der Waals surface area contributed by atoms with Gasteiger partial charge in [0.1, 0.15) is 0 Å². The predicted octanol–water partition coefficient (Wildman–Crippen LogP) is 3.43. The molecule has 0 aliphatic rings. The number of hydrogen-bond acceptors (Lipinski definition) is 2. The molecule has 0 aliphatic carbocycles. The van der Waals surface area contributed by atoms with Gasteiger partial charge in [-0.2, -0.15) is 0 Å². The first-order chi connectivity index (χ1) is 12.9. The standard InChI is InChI=1S/C22H25N3O2/c1-15-12-19-13-17(6-10-20(19)24-15)14-23-21(26)11-7-16-4-8-18(9-5-16)22(27)25(2)3/h4-6,8-10,12-13,24H,7,11,14H2,1-3H3,(H,23,26). The molecule has 5 heteroatoms. The quantitative estimate of drug-likeness (QED) is 0.705. The van der Waals surface area contributed by atoms with Gasteiger partial charge in [0.25, 0.3) is 5.91 Å². The number of benzene rings is 2. The van der Waals surface area contributed by atoms with Crippen molar-refractivity contribution < 1.29 is 9.59 Å². The van der Waals surface area contributed by atoms with Crippen molar-refractivity contribution in [3.63, 3.8) is 0 Å². The lowest BCUT2D eigenvalue weighted by molar-refractivity contribution is -0.121. The van der Waals surface area contributed by atoms with Crippen LogP contribution in [-0.4, -0.2) is 35.8 Å². The Bertz CT molecular complexity index is 955. The summed E-state index contributed by atoms with van der Waals surface area (Å²) in [5, 5.41) is 4.13. The molecule has 2 amide bonds. The smallest absolute Gasteiger partial charge is 0.253 e. The number of hydrogen-bond donors (Lipinski definition) is 2. The maximum absolute atomic E-state index is 12.1. The lowest BCUT2D eigenvalue weighted by atomic mass is 10.1. The van der Waals surface area contributed by atoms with Gasteiger partial charge in [-0.15, -0.1) is 0 Å². The molecule has 27 heavy (non-hydrogen) atoms. The van der Waals surface area contributed by atoms with E-state index in [0.717, 1.165) is 27.7 Å². The zero-order chi connectivity index (χ0) is 19.4. The van der Waals surface area contributed by atoms with Crippen LogP contribution in [0.25, 0.3) is 10.9 Å². The van der Waals surface area contributed by atoms with Crippen molar-refractivity contribution in [1.82, 2.24) is 15.2 Å². The molecule has 0 unspecified atom stereocenters. The number of aryl methyl sites for hydroxylation is 2. The summed E-state index contributed by atoms with van der Waals surface area (Å²) in [6, 6.07) is 15.7. The molecular formula is C22H25N3O2. The van der Waals surface area contributed by atoms with E-state index in [1.165, 1.54) is 0 Å². The number of carbonyl (C=O) groups excluding carboxylic acids is 2. The molecule has 1 heterocycles. The van der Waals surface area contributed by atoms with Gasteiger partial charge in [-0.3, -0.25) is 9.59 Å². The Kier molecular flexibility index (Phi) is 5.60. The van der Waals surface area contributed by atoms with E-state index in [-0.39, 0.29) is 11.8 Å². The number of H-pyrrole nitrogens is 1. The molecule has 0 bridgehead atoms. The fourth-order valence-electron chi connectivity index (χ4n) is 3.06. The van der Waals surface area contributed by atoms with Crippen LogP contribution < -0.4 is 5.32 Å². The molecule has 0 saturated heterocycles. The molecule has 0 aliphatic heterocycles. The Labute approximate surface area is 159 Å². The minimum atomic E-state index is -0.0196. The van der Waals surface area contributed by atoms with E-state index in [1.54, 1.807) is 19.0 Å². The average molecular weight is 363 g/mol. The fraction of sp³-hybridized carbons (Fsp3) is 0.273. The normalized spacial score (nSPS) is 10.8. The number of aromatic amines is 1. The molecule has 5 nitrogen and oxygen atoms in total. The maximum atomic E-state index is 12.1. The van der Waals surface area contributed by atoms with Crippen LogP contribution in [0.1, 0.15) is 33.6 Å². The summed E-state index contributed by atoms with van der Waals surface area (Å²) < 4.78 is 0. The van der Waals surface area contributed by atoms with Gasteiger partial charge in [0.15, 0.2) is 0 Å². The Balaban J connectivity index is 1.49. The molecule has 0 atom stereocenters. The second-order valence-corrected chi connectivity index (χ2v) is 7.05. The van der Waals surface area contributed by atoms with Crippen LogP contribution >= 0.6 is 0 Å². The molecule has 2 N–H and O–H groups in total. The number of fused-ring (bicyclic) bond motifs is 1. The molecule has 0 spiro atoms. The van der Waals surface area contributed by atoms with Gasteiger partial charge in [-0.1, -0.05) is 18.2 Å². The minimum absolute atomic E-state index is 0.0196. The van der Waals surface area contributed by atoms with Crippen molar-refractivity contribution in [2.45, 2.75) is 26.3 Å². The summed E-state index contributed by atoms with van der Waals surface area (Å²) in [7, 11) is 3.46. The summed E-state index contributed by atoms with van der Waals surface area (Å²) in [6.07, 6.45) is 1.07.